The highest BCUT2D eigenvalue weighted by Gasteiger charge is 2.17. The molecule has 0 radical (unpaired) electrons. The van der Waals surface area contributed by atoms with Crippen LogP contribution in [0.25, 0.3) is 23.0 Å². The number of rotatable bonds is 5. The van der Waals surface area contributed by atoms with Gasteiger partial charge in [-0.05, 0) is 31.2 Å². The lowest BCUT2D eigenvalue weighted by Gasteiger charge is -1.98. The quantitative estimate of drug-likeness (QED) is 0.729. The molecule has 120 valence electrons. The van der Waals surface area contributed by atoms with Gasteiger partial charge in [-0.15, -0.1) is 0 Å². The van der Waals surface area contributed by atoms with Crippen molar-refractivity contribution in [3.8, 4) is 23.0 Å². The molecule has 2 aromatic heterocycles. The molecule has 0 aliphatic heterocycles. The maximum Gasteiger partial charge on any atom is 0.278 e. The van der Waals surface area contributed by atoms with Crippen LogP contribution < -0.4 is 5.73 Å². The van der Waals surface area contributed by atoms with Gasteiger partial charge in [-0.3, -0.25) is 4.68 Å². The largest absolute Gasteiger partial charge is 0.332 e. The molecule has 0 bridgehead atoms. The zero-order valence-corrected chi connectivity index (χ0v) is 11.8. The Morgan fingerprint density at radius 2 is 1.91 bits per heavy atom. The number of aromatic nitrogens is 4. The molecule has 3 aromatic rings. The molecule has 0 saturated carbocycles. The summed E-state index contributed by atoms with van der Waals surface area (Å²) in [4.78, 5) is 4.02. The third-order valence-electron chi connectivity index (χ3n) is 3.12. The van der Waals surface area contributed by atoms with Crippen LogP contribution in [-0.2, 0) is 6.54 Å². The van der Waals surface area contributed by atoms with Crippen molar-refractivity contribution in [2.45, 2.75) is 13.0 Å². The predicted octanol–water partition coefficient (Wildman–Crippen LogP) is 2.37. The predicted molar refractivity (Wildman–Crippen MR) is 74.5 cm³/mol. The standard InChI is InChI=1S/C14H12F3N5O/c15-9-6-8(7-10(16)12(9)17)13-19-14(23-21-13)11-2-5-22(20-11)4-1-3-18/h2,5-7H,1,3-4,18H2. The van der Waals surface area contributed by atoms with E-state index in [1.54, 1.807) is 16.9 Å². The SMILES string of the molecule is NCCCn1ccc(-c2nc(-c3cc(F)c(F)c(F)c3)no2)n1. The number of hydrogen-bond donors (Lipinski definition) is 1. The third kappa shape index (κ3) is 3.09. The van der Waals surface area contributed by atoms with Gasteiger partial charge in [0.15, 0.2) is 23.1 Å². The number of nitrogens with two attached hydrogens (primary N) is 1. The van der Waals surface area contributed by atoms with E-state index in [-0.39, 0.29) is 17.3 Å². The molecular weight excluding hydrogens is 311 g/mol. The summed E-state index contributed by atoms with van der Waals surface area (Å²) in [6, 6.07) is 3.26. The molecule has 0 aliphatic rings. The zero-order valence-electron chi connectivity index (χ0n) is 11.8. The summed E-state index contributed by atoms with van der Waals surface area (Å²) in [6.07, 6.45) is 2.50. The maximum atomic E-state index is 13.3. The molecule has 1 aromatic carbocycles. The lowest BCUT2D eigenvalue weighted by atomic mass is 10.2. The van der Waals surface area contributed by atoms with Crippen LogP contribution in [0.3, 0.4) is 0 Å². The summed E-state index contributed by atoms with van der Waals surface area (Å²) < 4.78 is 46.2. The Balaban J connectivity index is 1.87. The Bertz CT molecular complexity index is 806. The van der Waals surface area contributed by atoms with E-state index < -0.39 is 17.5 Å². The Morgan fingerprint density at radius 1 is 1.17 bits per heavy atom. The summed E-state index contributed by atoms with van der Waals surface area (Å²) in [5.41, 5.74) is 5.82. The Labute approximate surface area is 128 Å². The van der Waals surface area contributed by atoms with Gasteiger partial charge in [-0.2, -0.15) is 10.1 Å². The number of benzene rings is 1. The van der Waals surface area contributed by atoms with E-state index in [1.807, 2.05) is 0 Å². The van der Waals surface area contributed by atoms with Crippen molar-refractivity contribution in [1.82, 2.24) is 19.9 Å². The highest BCUT2D eigenvalue weighted by atomic mass is 19.2. The third-order valence-corrected chi connectivity index (χ3v) is 3.12. The van der Waals surface area contributed by atoms with E-state index in [1.165, 1.54) is 0 Å². The van der Waals surface area contributed by atoms with Crippen LogP contribution in [0.2, 0.25) is 0 Å². The second kappa shape index (κ2) is 6.21. The van der Waals surface area contributed by atoms with Gasteiger partial charge in [0.25, 0.3) is 5.89 Å². The summed E-state index contributed by atoms with van der Waals surface area (Å²) >= 11 is 0. The first-order valence-electron chi connectivity index (χ1n) is 6.81. The van der Waals surface area contributed by atoms with Crippen LogP contribution in [0.4, 0.5) is 13.2 Å². The number of nitrogens with zero attached hydrogens (tertiary/aromatic N) is 4. The van der Waals surface area contributed by atoms with E-state index in [2.05, 4.69) is 15.2 Å². The molecule has 2 N–H and O–H groups in total. The summed E-state index contributed by atoms with van der Waals surface area (Å²) in [6.45, 7) is 1.19. The van der Waals surface area contributed by atoms with Crippen molar-refractivity contribution in [1.29, 1.82) is 0 Å². The average Bonchev–Trinajstić information content (AvgIpc) is 3.18. The van der Waals surface area contributed by atoms with Crippen molar-refractivity contribution < 1.29 is 17.7 Å². The van der Waals surface area contributed by atoms with E-state index in [4.69, 9.17) is 10.3 Å². The van der Waals surface area contributed by atoms with E-state index in [0.29, 0.717) is 18.8 Å². The van der Waals surface area contributed by atoms with Gasteiger partial charge < -0.3 is 10.3 Å². The first kappa shape index (κ1) is 15.2. The Hall–Kier alpha value is -2.68. The van der Waals surface area contributed by atoms with Gasteiger partial charge in [-0.1, -0.05) is 5.16 Å². The first-order valence-corrected chi connectivity index (χ1v) is 6.81. The summed E-state index contributed by atoms with van der Waals surface area (Å²) in [5, 5.41) is 7.87. The molecule has 0 amide bonds. The molecule has 0 spiro atoms. The molecule has 0 atom stereocenters. The van der Waals surface area contributed by atoms with Crippen LogP contribution >= 0.6 is 0 Å². The molecule has 2 heterocycles. The highest BCUT2D eigenvalue weighted by molar-refractivity contribution is 5.57. The smallest absolute Gasteiger partial charge is 0.278 e. The van der Waals surface area contributed by atoms with E-state index >= 15 is 0 Å². The fourth-order valence-corrected chi connectivity index (χ4v) is 1.98. The van der Waals surface area contributed by atoms with Crippen LogP contribution in [0, 0.1) is 17.5 Å². The van der Waals surface area contributed by atoms with Gasteiger partial charge in [0, 0.05) is 18.3 Å². The lowest BCUT2D eigenvalue weighted by molar-refractivity contribution is 0.429. The number of halogens is 3. The molecule has 9 heteroatoms. The average molecular weight is 323 g/mol. The second-order valence-electron chi connectivity index (χ2n) is 4.78. The maximum absolute atomic E-state index is 13.3. The second-order valence-corrected chi connectivity index (χ2v) is 4.78. The van der Waals surface area contributed by atoms with Crippen molar-refractivity contribution in [2.75, 3.05) is 6.54 Å². The topological polar surface area (TPSA) is 82.8 Å². The Morgan fingerprint density at radius 3 is 2.61 bits per heavy atom. The monoisotopic (exact) mass is 323 g/mol. The molecule has 23 heavy (non-hydrogen) atoms. The summed E-state index contributed by atoms with van der Waals surface area (Å²) in [5.74, 6) is -4.16. The molecule has 6 nitrogen and oxygen atoms in total. The zero-order chi connectivity index (χ0) is 16.4. The minimum Gasteiger partial charge on any atom is -0.332 e. The van der Waals surface area contributed by atoms with Gasteiger partial charge in [-0.25, -0.2) is 13.2 Å². The van der Waals surface area contributed by atoms with Crippen LogP contribution in [0.1, 0.15) is 6.42 Å². The molecule has 0 fully saturated rings. The number of aryl methyl sites for hydroxylation is 1. The van der Waals surface area contributed by atoms with Crippen LogP contribution in [0.15, 0.2) is 28.9 Å². The van der Waals surface area contributed by atoms with Crippen molar-refractivity contribution in [2.24, 2.45) is 5.73 Å². The lowest BCUT2D eigenvalue weighted by Crippen LogP contribution is -2.06. The van der Waals surface area contributed by atoms with E-state index in [0.717, 1.165) is 18.6 Å². The van der Waals surface area contributed by atoms with Gasteiger partial charge in [0.1, 0.15) is 0 Å². The minimum absolute atomic E-state index is 0.0287. The fourth-order valence-electron chi connectivity index (χ4n) is 1.98. The van der Waals surface area contributed by atoms with Crippen LogP contribution in [0.5, 0.6) is 0 Å². The van der Waals surface area contributed by atoms with E-state index in [9.17, 15) is 13.2 Å². The molecule has 0 saturated heterocycles. The normalized spacial score (nSPS) is 11.1. The number of hydrogen-bond acceptors (Lipinski definition) is 5. The fraction of sp³-hybridized carbons (Fsp3) is 0.214. The molecule has 0 aliphatic carbocycles. The Kier molecular flexibility index (Phi) is 4.11. The van der Waals surface area contributed by atoms with Gasteiger partial charge >= 0.3 is 0 Å². The molecule has 0 unspecified atom stereocenters. The van der Waals surface area contributed by atoms with Crippen molar-refractivity contribution in [3.63, 3.8) is 0 Å². The van der Waals surface area contributed by atoms with Crippen LogP contribution in [-0.4, -0.2) is 26.5 Å². The first-order chi connectivity index (χ1) is 11.1. The van der Waals surface area contributed by atoms with Crippen molar-refractivity contribution >= 4 is 0 Å². The van der Waals surface area contributed by atoms with Gasteiger partial charge in [0.2, 0.25) is 5.82 Å². The molecular formula is C14H12F3N5O. The summed E-state index contributed by atoms with van der Waals surface area (Å²) in [7, 11) is 0. The molecule has 3 rings (SSSR count). The highest BCUT2D eigenvalue weighted by Crippen LogP contribution is 2.24. The minimum atomic E-state index is -1.55. The van der Waals surface area contributed by atoms with Gasteiger partial charge in [0.05, 0.1) is 0 Å². The van der Waals surface area contributed by atoms with Crippen molar-refractivity contribution in [3.05, 3.63) is 41.8 Å².